The van der Waals surface area contributed by atoms with Gasteiger partial charge >= 0.3 is 5.97 Å². The molecule has 78 valence electrons. The highest BCUT2D eigenvalue weighted by Crippen LogP contribution is 2.29. The lowest BCUT2D eigenvalue weighted by Gasteiger charge is -2.20. The number of aliphatic hydroxyl groups is 1. The summed E-state index contributed by atoms with van der Waals surface area (Å²) >= 11 is 0. The third-order valence-corrected chi connectivity index (χ3v) is 2.12. The van der Waals surface area contributed by atoms with Gasteiger partial charge in [0.15, 0.2) is 0 Å². The molecular formula is C10H14O4. The van der Waals surface area contributed by atoms with Gasteiger partial charge in [-0.05, 0) is 19.4 Å². The van der Waals surface area contributed by atoms with Crippen LogP contribution in [0.25, 0.3) is 0 Å². The van der Waals surface area contributed by atoms with Crippen molar-refractivity contribution in [2.24, 2.45) is 0 Å². The molecule has 0 fully saturated rings. The van der Waals surface area contributed by atoms with Gasteiger partial charge in [-0.15, -0.1) is 0 Å². The topological polar surface area (TPSA) is 70.7 Å². The van der Waals surface area contributed by atoms with Gasteiger partial charge in [0, 0.05) is 0 Å². The van der Waals surface area contributed by atoms with E-state index in [4.69, 9.17) is 9.52 Å². The molecular weight excluding hydrogens is 184 g/mol. The molecule has 0 bridgehead atoms. The molecule has 0 aliphatic heterocycles. The van der Waals surface area contributed by atoms with E-state index in [1.165, 1.54) is 12.3 Å². The molecule has 0 saturated heterocycles. The van der Waals surface area contributed by atoms with E-state index in [1.54, 1.807) is 6.92 Å². The SMILES string of the molecule is CCCC(C)(O)c1occc1C(=O)O. The molecule has 1 unspecified atom stereocenters. The van der Waals surface area contributed by atoms with Crippen molar-refractivity contribution in [3.63, 3.8) is 0 Å². The van der Waals surface area contributed by atoms with Gasteiger partial charge in [0.25, 0.3) is 0 Å². The smallest absolute Gasteiger partial charge is 0.339 e. The molecule has 1 atom stereocenters. The molecule has 1 aromatic heterocycles. The number of hydrogen-bond donors (Lipinski definition) is 2. The summed E-state index contributed by atoms with van der Waals surface area (Å²) in [6, 6.07) is 1.35. The summed E-state index contributed by atoms with van der Waals surface area (Å²) in [6.45, 7) is 3.47. The lowest BCUT2D eigenvalue weighted by molar-refractivity contribution is 0.0220. The van der Waals surface area contributed by atoms with Crippen LogP contribution in [0.3, 0.4) is 0 Å². The summed E-state index contributed by atoms with van der Waals surface area (Å²) in [4.78, 5) is 10.8. The normalized spacial score (nSPS) is 15.1. The van der Waals surface area contributed by atoms with E-state index in [9.17, 15) is 9.90 Å². The summed E-state index contributed by atoms with van der Waals surface area (Å²) in [5, 5.41) is 18.8. The van der Waals surface area contributed by atoms with Crippen molar-refractivity contribution in [3.05, 3.63) is 23.7 Å². The van der Waals surface area contributed by atoms with Crippen molar-refractivity contribution in [2.45, 2.75) is 32.3 Å². The van der Waals surface area contributed by atoms with Crippen LogP contribution in [-0.2, 0) is 5.60 Å². The minimum atomic E-state index is -1.20. The predicted molar refractivity (Wildman–Crippen MR) is 50.1 cm³/mol. The van der Waals surface area contributed by atoms with Crippen LogP contribution in [0.4, 0.5) is 0 Å². The van der Waals surface area contributed by atoms with Crippen molar-refractivity contribution >= 4 is 5.97 Å². The predicted octanol–water partition coefficient (Wildman–Crippen LogP) is 1.99. The first-order valence-electron chi connectivity index (χ1n) is 4.52. The second-order valence-corrected chi connectivity index (χ2v) is 3.49. The number of aromatic carboxylic acids is 1. The molecule has 4 heteroatoms. The van der Waals surface area contributed by atoms with Gasteiger partial charge in [0.05, 0.1) is 6.26 Å². The van der Waals surface area contributed by atoms with Gasteiger partial charge < -0.3 is 14.6 Å². The second kappa shape index (κ2) is 3.84. The fourth-order valence-electron chi connectivity index (χ4n) is 1.50. The third kappa shape index (κ3) is 1.96. The Morgan fingerprint density at radius 3 is 2.79 bits per heavy atom. The van der Waals surface area contributed by atoms with E-state index in [-0.39, 0.29) is 11.3 Å². The van der Waals surface area contributed by atoms with Gasteiger partial charge in [-0.2, -0.15) is 0 Å². The van der Waals surface area contributed by atoms with Crippen molar-refractivity contribution < 1.29 is 19.4 Å². The number of hydrogen-bond acceptors (Lipinski definition) is 3. The molecule has 0 saturated carbocycles. The largest absolute Gasteiger partial charge is 0.478 e. The average molecular weight is 198 g/mol. The molecule has 1 rings (SSSR count). The van der Waals surface area contributed by atoms with Crippen LogP contribution in [-0.4, -0.2) is 16.2 Å². The zero-order chi connectivity index (χ0) is 10.8. The molecule has 4 nitrogen and oxygen atoms in total. The van der Waals surface area contributed by atoms with E-state index in [0.29, 0.717) is 6.42 Å². The van der Waals surface area contributed by atoms with Crippen LogP contribution >= 0.6 is 0 Å². The second-order valence-electron chi connectivity index (χ2n) is 3.49. The van der Waals surface area contributed by atoms with Gasteiger partial charge in [-0.1, -0.05) is 13.3 Å². The maximum absolute atomic E-state index is 10.8. The summed E-state index contributed by atoms with van der Waals surface area (Å²) in [5.74, 6) is -0.947. The Hall–Kier alpha value is -1.29. The minimum absolute atomic E-state index is 0.0310. The Labute approximate surface area is 82.2 Å². The zero-order valence-corrected chi connectivity index (χ0v) is 8.28. The van der Waals surface area contributed by atoms with Crippen molar-refractivity contribution in [3.8, 4) is 0 Å². The third-order valence-electron chi connectivity index (χ3n) is 2.12. The zero-order valence-electron chi connectivity index (χ0n) is 8.28. The maximum Gasteiger partial charge on any atom is 0.339 e. The molecule has 1 aromatic rings. The summed E-state index contributed by atoms with van der Waals surface area (Å²) in [5.41, 5.74) is -1.17. The van der Waals surface area contributed by atoms with Gasteiger partial charge in [0.1, 0.15) is 16.9 Å². The van der Waals surface area contributed by atoms with Crippen molar-refractivity contribution in [2.75, 3.05) is 0 Å². The number of furan rings is 1. The molecule has 0 aromatic carbocycles. The first-order valence-corrected chi connectivity index (χ1v) is 4.52. The lowest BCUT2D eigenvalue weighted by atomic mass is 9.95. The van der Waals surface area contributed by atoms with Crippen molar-refractivity contribution in [1.82, 2.24) is 0 Å². The van der Waals surface area contributed by atoms with E-state index in [2.05, 4.69) is 0 Å². The van der Waals surface area contributed by atoms with Crippen LogP contribution < -0.4 is 0 Å². The van der Waals surface area contributed by atoms with Crippen molar-refractivity contribution in [1.29, 1.82) is 0 Å². The van der Waals surface area contributed by atoms with Crippen LogP contribution in [0.15, 0.2) is 16.7 Å². The number of rotatable bonds is 4. The molecule has 2 N–H and O–H groups in total. The van der Waals surface area contributed by atoms with Gasteiger partial charge in [0.2, 0.25) is 0 Å². The Balaban J connectivity index is 3.05. The molecule has 0 radical (unpaired) electrons. The molecule has 0 aliphatic carbocycles. The highest BCUT2D eigenvalue weighted by atomic mass is 16.4. The lowest BCUT2D eigenvalue weighted by Crippen LogP contribution is -2.22. The summed E-state index contributed by atoms with van der Waals surface area (Å²) in [6.07, 6.45) is 2.51. The van der Waals surface area contributed by atoms with Gasteiger partial charge in [-0.25, -0.2) is 4.79 Å². The maximum atomic E-state index is 10.8. The van der Waals surface area contributed by atoms with E-state index < -0.39 is 11.6 Å². The first-order chi connectivity index (χ1) is 6.49. The van der Waals surface area contributed by atoms with Gasteiger partial charge in [-0.3, -0.25) is 0 Å². The number of carbonyl (C=O) groups is 1. The van der Waals surface area contributed by atoms with E-state index in [0.717, 1.165) is 6.42 Å². The Morgan fingerprint density at radius 1 is 1.64 bits per heavy atom. The Bertz CT molecular complexity index is 325. The fourth-order valence-corrected chi connectivity index (χ4v) is 1.50. The average Bonchev–Trinajstić information content (AvgIpc) is 2.51. The van der Waals surface area contributed by atoms with E-state index in [1.807, 2.05) is 6.92 Å². The standard InChI is InChI=1S/C10H14O4/c1-3-5-10(2,13)8-7(9(11)12)4-6-14-8/h4,6,13H,3,5H2,1-2H3,(H,11,12). The molecule has 1 heterocycles. The highest BCUT2D eigenvalue weighted by molar-refractivity contribution is 5.88. The molecule has 0 aliphatic rings. The highest BCUT2D eigenvalue weighted by Gasteiger charge is 2.30. The Kier molecular flexibility index (Phi) is 2.96. The van der Waals surface area contributed by atoms with E-state index >= 15 is 0 Å². The first kappa shape index (κ1) is 10.8. The monoisotopic (exact) mass is 198 g/mol. The summed E-state index contributed by atoms with van der Waals surface area (Å²) < 4.78 is 5.01. The molecule has 0 spiro atoms. The minimum Gasteiger partial charge on any atom is -0.478 e. The fraction of sp³-hybridized carbons (Fsp3) is 0.500. The quantitative estimate of drug-likeness (QED) is 0.776. The number of carboxylic acid groups (broad SMARTS) is 1. The van der Waals surface area contributed by atoms with Crippen LogP contribution in [0.5, 0.6) is 0 Å². The number of carboxylic acids is 1. The van der Waals surface area contributed by atoms with Crippen LogP contribution in [0, 0.1) is 0 Å². The Morgan fingerprint density at radius 2 is 2.29 bits per heavy atom. The van der Waals surface area contributed by atoms with Crippen LogP contribution in [0.2, 0.25) is 0 Å². The van der Waals surface area contributed by atoms with Crippen LogP contribution in [0.1, 0.15) is 42.8 Å². The molecule has 14 heavy (non-hydrogen) atoms. The summed E-state index contributed by atoms with van der Waals surface area (Å²) in [7, 11) is 0. The molecule has 0 amide bonds.